The Hall–Kier alpha value is -2.47. The number of halogens is 1. The molecule has 0 aliphatic carbocycles. The molecule has 0 bridgehead atoms. The van der Waals surface area contributed by atoms with Gasteiger partial charge in [-0.25, -0.2) is 9.37 Å². The minimum atomic E-state index is -0.150. The molecule has 1 aromatic heterocycles. The molecule has 28 heavy (non-hydrogen) atoms. The second-order valence-corrected chi connectivity index (χ2v) is 7.70. The number of morpholine rings is 1. The van der Waals surface area contributed by atoms with E-state index in [2.05, 4.69) is 9.88 Å². The average molecular weight is 383 g/mol. The molecule has 1 unspecified atom stereocenters. The van der Waals surface area contributed by atoms with Crippen molar-refractivity contribution in [2.24, 2.45) is 5.92 Å². The van der Waals surface area contributed by atoms with Gasteiger partial charge in [0.1, 0.15) is 11.6 Å². The lowest BCUT2D eigenvalue weighted by atomic mass is 9.97. The number of aromatic nitrogens is 1. The smallest absolute Gasteiger partial charge is 0.254 e. The lowest BCUT2D eigenvalue weighted by Gasteiger charge is -2.27. The fourth-order valence-corrected chi connectivity index (χ4v) is 4.05. The number of amides is 1. The summed E-state index contributed by atoms with van der Waals surface area (Å²) in [6, 6.07) is 9.07. The largest absolute Gasteiger partial charge is 0.378 e. The first-order valence-corrected chi connectivity index (χ1v) is 9.93. The van der Waals surface area contributed by atoms with E-state index in [1.165, 1.54) is 5.56 Å². The van der Waals surface area contributed by atoms with Gasteiger partial charge in [0.05, 0.1) is 13.2 Å². The van der Waals surface area contributed by atoms with Crippen molar-refractivity contribution in [2.45, 2.75) is 19.8 Å². The van der Waals surface area contributed by atoms with E-state index in [1.54, 1.807) is 25.3 Å². The highest BCUT2D eigenvalue weighted by molar-refractivity contribution is 5.95. The Morgan fingerprint density at radius 2 is 2.04 bits per heavy atom. The topological polar surface area (TPSA) is 45.7 Å². The van der Waals surface area contributed by atoms with Crippen LogP contribution in [0.3, 0.4) is 0 Å². The summed E-state index contributed by atoms with van der Waals surface area (Å²) in [5, 5.41) is 0. The number of benzene rings is 1. The number of pyridine rings is 1. The molecule has 1 amide bonds. The van der Waals surface area contributed by atoms with Crippen LogP contribution in [0.15, 0.2) is 36.5 Å². The minimum Gasteiger partial charge on any atom is -0.378 e. The summed E-state index contributed by atoms with van der Waals surface area (Å²) in [5.41, 5.74) is 2.56. The first kappa shape index (κ1) is 18.9. The summed E-state index contributed by atoms with van der Waals surface area (Å²) in [6.07, 6.45) is 3.73. The molecular formula is C22H26FN3O2. The van der Waals surface area contributed by atoms with Crippen molar-refractivity contribution >= 4 is 11.7 Å². The van der Waals surface area contributed by atoms with Crippen molar-refractivity contribution in [1.82, 2.24) is 9.88 Å². The maximum Gasteiger partial charge on any atom is 0.254 e. The highest BCUT2D eigenvalue weighted by atomic mass is 19.1. The second-order valence-electron chi connectivity index (χ2n) is 7.70. The summed E-state index contributed by atoms with van der Waals surface area (Å²) in [7, 11) is 0. The zero-order valence-corrected chi connectivity index (χ0v) is 16.2. The van der Waals surface area contributed by atoms with Crippen molar-refractivity contribution in [3.63, 3.8) is 0 Å². The highest BCUT2D eigenvalue weighted by Crippen LogP contribution is 2.26. The van der Waals surface area contributed by atoms with E-state index < -0.39 is 0 Å². The van der Waals surface area contributed by atoms with E-state index in [0.717, 1.165) is 31.7 Å². The maximum absolute atomic E-state index is 13.5. The summed E-state index contributed by atoms with van der Waals surface area (Å²) >= 11 is 0. The van der Waals surface area contributed by atoms with Gasteiger partial charge in [-0.1, -0.05) is 12.1 Å². The van der Waals surface area contributed by atoms with Gasteiger partial charge in [0.25, 0.3) is 5.91 Å². The molecule has 0 spiro atoms. The molecular weight excluding hydrogens is 357 g/mol. The molecule has 0 N–H and O–H groups in total. The number of hydrogen-bond acceptors (Lipinski definition) is 4. The summed E-state index contributed by atoms with van der Waals surface area (Å²) in [6.45, 7) is 6.10. The van der Waals surface area contributed by atoms with E-state index in [0.29, 0.717) is 43.3 Å². The molecule has 2 aromatic rings. The third kappa shape index (κ3) is 4.17. The van der Waals surface area contributed by atoms with E-state index in [1.807, 2.05) is 23.1 Å². The molecule has 2 aliphatic heterocycles. The van der Waals surface area contributed by atoms with Crippen LogP contribution < -0.4 is 4.90 Å². The molecule has 3 heterocycles. The lowest BCUT2D eigenvalue weighted by Crippen LogP contribution is -2.40. The summed E-state index contributed by atoms with van der Waals surface area (Å²) in [4.78, 5) is 21.3. The predicted molar refractivity (Wildman–Crippen MR) is 106 cm³/mol. The number of carbonyl (C=O) groups is 1. The molecule has 1 atom stereocenters. The zero-order chi connectivity index (χ0) is 19.5. The van der Waals surface area contributed by atoms with E-state index in [4.69, 9.17) is 4.74 Å². The SMILES string of the molecule is Cc1cc(CC2CCN(c3cc(C(=O)N4CCOCC4)ccn3)C2)ccc1F. The monoisotopic (exact) mass is 383 g/mol. The van der Waals surface area contributed by atoms with Crippen LogP contribution in [0.1, 0.15) is 27.9 Å². The zero-order valence-electron chi connectivity index (χ0n) is 16.2. The number of aryl methyl sites for hydroxylation is 1. The molecule has 2 fully saturated rings. The lowest BCUT2D eigenvalue weighted by molar-refractivity contribution is 0.0303. The minimum absolute atomic E-state index is 0.0458. The fraction of sp³-hybridized carbons (Fsp3) is 0.455. The van der Waals surface area contributed by atoms with Crippen molar-refractivity contribution in [1.29, 1.82) is 0 Å². The molecule has 5 nitrogen and oxygen atoms in total. The van der Waals surface area contributed by atoms with E-state index >= 15 is 0 Å². The van der Waals surface area contributed by atoms with Crippen molar-refractivity contribution in [2.75, 3.05) is 44.3 Å². The van der Waals surface area contributed by atoms with Crippen LogP contribution >= 0.6 is 0 Å². The van der Waals surface area contributed by atoms with Gasteiger partial charge < -0.3 is 14.5 Å². The van der Waals surface area contributed by atoms with Gasteiger partial charge in [0.2, 0.25) is 0 Å². The quantitative estimate of drug-likeness (QED) is 0.814. The number of hydrogen-bond donors (Lipinski definition) is 0. The van der Waals surface area contributed by atoms with Crippen LogP contribution in [-0.4, -0.2) is 55.2 Å². The van der Waals surface area contributed by atoms with E-state index in [9.17, 15) is 9.18 Å². The van der Waals surface area contributed by atoms with Crippen molar-refractivity contribution in [3.05, 3.63) is 59.0 Å². The second kappa shape index (κ2) is 8.27. The third-order valence-corrected chi connectivity index (χ3v) is 5.65. The van der Waals surface area contributed by atoms with Gasteiger partial charge in [-0.3, -0.25) is 4.79 Å². The van der Waals surface area contributed by atoms with Crippen LogP contribution in [0.4, 0.5) is 10.2 Å². The fourth-order valence-electron chi connectivity index (χ4n) is 4.05. The maximum atomic E-state index is 13.5. The number of ether oxygens (including phenoxy) is 1. The van der Waals surface area contributed by atoms with Gasteiger partial charge in [-0.2, -0.15) is 0 Å². The highest BCUT2D eigenvalue weighted by Gasteiger charge is 2.25. The normalized spacial score (nSPS) is 19.9. The van der Waals surface area contributed by atoms with Gasteiger partial charge >= 0.3 is 0 Å². The first-order chi connectivity index (χ1) is 13.6. The molecule has 148 valence electrons. The predicted octanol–water partition coefficient (Wildman–Crippen LogP) is 3.07. The molecule has 0 saturated carbocycles. The molecule has 0 radical (unpaired) electrons. The Morgan fingerprint density at radius 1 is 1.21 bits per heavy atom. The molecule has 2 aliphatic rings. The third-order valence-electron chi connectivity index (χ3n) is 5.65. The van der Waals surface area contributed by atoms with Crippen LogP contribution in [0.25, 0.3) is 0 Å². The molecule has 6 heteroatoms. The summed E-state index contributed by atoms with van der Waals surface area (Å²) in [5.74, 6) is 1.26. The van der Waals surface area contributed by atoms with Crippen molar-refractivity contribution in [3.8, 4) is 0 Å². The summed E-state index contributed by atoms with van der Waals surface area (Å²) < 4.78 is 18.8. The number of carbonyl (C=O) groups excluding carboxylic acids is 1. The van der Waals surface area contributed by atoms with Gasteiger partial charge in [-0.15, -0.1) is 0 Å². The first-order valence-electron chi connectivity index (χ1n) is 9.93. The Kier molecular flexibility index (Phi) is 5.57. The Labute approximate surface area is 165 Å². The van der Waals surface area contributed by atoms with Crippen LogP contribution in [0.2, 0.25) is 0 Å². The average Bonchev–Trinajstić information content (AvgIpc) is 3.19. The van der Waals surface area contributed by atoms with E-state index in [-0.39, 0.29) is 11.7 Å². The Balaban J connectivity index is 1.41. The Morgan fingerprint density at radius 3 is 2.82 bits per heavy atom. The Bertz CT molecular complexity index is 851. The number of rotatable bonds is 4. The van der Waals surface area contributed by atoms with Crippen LogP contribution in [0, 0.1) is 18.7 Å². The molecule has 1 aromatic carbocycles. The standard InChI is InChI=1S/C22H26FN3O2/c1-16-12-17(2-3-20(16)23)13-18-5-7-26(15-18)21-14-19(4-6-24-21)22(27)25-8-10-28-11-9-25/h2-4,6,12,14,18H,5,7-11,13,15H2,1H3. The van der Waals surface area contributed by atoms with Crippen molar-refractivity contribution < 1.29 is 13.9 Å². The van der Waals surface area contributed by atoms with Gasteiger partial charge in [0, 0.05) is 37.9 Å². The van der Waals surface area contributed by atoms with Crippen LogP contribution in [0.5, 0.6) is 0 Å². The van der Waals surface area contributed by atoms with Gasteiger partial charge in [-0.05, 0) is 55.0 Å². The number of anilines is 1. The van der Waals surface area contributed by atoms with Gasteiger partial charge in [0.15, 0.2) is 0 Å². The molecule has 2 saturated heterocycles. The van der Waals surface area contributed by atoms with Crippen LogP contribution in [-0.2, 0) is 11.2 Å². The number of nitrogens with zero attached hydrogens (tertiary/aromatic N) is 3. The molecule has 4 rings (SSSR count).